The van der Waals surface area contributed by atoms with Crippen molar-refractivity contribution in [2.45, 2.75) is 25.2 Å². The Balaban J connectivity index is 1.87. The molecule has 0 aliphatic heterocycles. The highest BCUT2D eigenvalue weighted by Crippen LogP contribution is 2.18. The Morgan fingerprint density at radius 2 is 1.59 bits per heavy atom. The normalized spacial score (nSPS) is 12.1. The SMILES string of the molecule is CC(C)C(Cc1ccccc1)C(=O)NNSc1ccccc1. The van der Waals surface area contributed by atoms with Crippen LogP contribution in [0.3, 0.4) is 0 Å². The van der Waals surface area contributed by atoms with Crippen molar-refractivity contribution in [2.24, 2.45) is 11.8 Å². The van der Waals surface area contributed by atoms with Crippen LogP contribution in [0.15, 0.2) is 65.6 Å². The molecule has 1 unspecified atom stereocenters. The van der Waals surface area contributed by atoms with Gasteiger partial charge in [0, 0.05) is 10.8 Å². The molecule has 0 fully saturated rings. The first-order valence-electron chi connectivity index (χ1n) is 7.47. The molecule has 0 aliphatic rings. The molecule has 0 heterocycles. The zero-order valence-electron chi connectivity index (χ0n) is 13.0. The number of carbonyl (C=O) groups excluding carboxylic acids is 1. The predicted molar refractivity (Wildman–Crippen MR) is 92.1 cm³/mol. The van der Waals surface area contributed by atoms with Gasteiger partial charge in [0.05, 0.1) is 0 Å². The number of amides is 1. The third kappa shape index (κ3) is 5.20. The zero-order chi connectivity index (χ0) is 15.8. The first-order valence-corrected chi connectivity index (χ1v) is 8.29. The van der Waals surface area contributed by atoms with E-state index in [1.54, 1.807) is 0 Å². The van der Waals surface area contributed by atoms with Gasteiger partial charge < -0.3 is 0 Å². The number of rotatable bonds is 7. The summed E-state index contributed by atoms with van der Waals surface area (Å²) in [5.74, 6) is 0.261. The second-order valence-electron chi connectivity index (χ2n) is 5.55. The molecule has 0 bridgehead atoms. The van der Waals surface area contributed by atoms with Crippen molar-refractivity contribution in [1.82, 2.24) is 10.3 Å². The van der Waals surface area contributed by atoms with Crippen LogP contribution in [0.1, 0.15) is 19.4 Å². The molecule has 22 heavy (non-hydrogen) atoms. The fourth-order valence-corrected chi connectivity index (χ4v) is 2.78. The van der Waals surface area contributed by atoms with Crippen LogP contribution in [-0.2, 0) is 11.2 Å². The summed E-state index contributed by atoms with van der Waals surface area (Å²) in [6, 6.07) is 20.0. The molecule has 0 radical (unpaired) electrons. The number of benzene rings is 2. The van der Waals surface area contributed by atoms with E-state index in [0.717, 1.165) is 11.3 Å². The molecule has 3 nitrogen and oxygen atoms in total. The summed E-state index contributed by atoms with van der Waals surface area (Å²) in [6.45, 7) is 4.16. The van der Waals surface area contributed by atoms with Gasteiger partial charge in [-0.3, -0.25) is 10.2 Å². The highest BCUT2D eigenvalue weighted by Gasteiger charge is 2.22. The molecule has 0 aliphatic carbocycles. The number of hydrazine groups is 1. The maximum Gasteiger partial charge on any atom is 0.238 e. The molecular weight excluding hydrogens is 292 g/mol. The monoisotopic (exact) mass is 314 g/mol. The number of nitrogens with one attached hydrogen (secondary N) is 2. The van der Waals surface area contributed by atoms with Crippen LogP contribution < -0.4 is 10.3 Å². The van der Waals surface area contributed by atoms with Crippen molar-refractivity contribution in [1.29, 1.82) is 0 Å². The number of carbonyl (C=O) groups is 1. The lowest BCUT2D eigenvalue weighted by atomic mass is 9.88. The van der Waals surface area contributed by atoms with Crippen molar-refractivity contribution in [2.75, 3.05) is 0 Å². The Morgan fingerprint density at radius 3 is 2.18 bits per heavy atom. The molecule has 0 saturated carbocycles. The summed E-state index contributed by atoms with van der Waals surface area (Å²) >= 11 is 1.40. The molecule has 0 aromatic heterocycles. The van der Waals surface area contributed by atoms with Crippen molar-refractivity contribution < 1.29 is 4.79 Å². The van der Waals surface area contributed by atoms with Gasteiger partial charge in [-0.25, -0.2) is 0 Å². The minimum atomic E-state index is -0.0497. The quantitative estimate of drug-likeness (QED) is 0.603. The van der Waals surface area contributed by atoms with Crippen LogP contribution in [0, 0.1) is 11.8 Å². The van der Waals surface area contributed by atoms with Crippen LogP contribution in [-0.4, -0.2) is 5.91 Å². The molecule has 1 amide bonds. The first-order chi connectivity index (χ1) is 10.7. The third-order valence-electron chi connectivity index (χ3n) is 3.53. The minimum absolute atomic E-state index is 0.0299. The van der Waals surface area contributed by atoms with E-state index in [2.05, 4.69) is 36.2 Å². The lowest BCUT2D eigenvalue weighted by Crippen LogP contribution is -2.40. The van der Waals surface area contributed by atoms with Gasteiger partial charge >= 0.3 is 0 Å². The average Bonchev–Trinajstić information content (AvgIpc) is 2.54. The van der Waals surface area contributed by atoms with Crippen molar-refractivity contribution in [3.8, 4) is 0 Å². The Hall–Kier alpha value is -1.78. The van der Waals surface area contributed by atoms with E-state index < -0.39 is 0 Å². The van der Waals surface area contributed by atoms with E-state index in [-0.39, 0.29) is 17.7 Å². The standard InChI is InChI=1S/C18H22N2OS/c1-14(2)17(13-15-9-5-3-6-10-15)18(21)19-20-22-16-11-7-4-8-12-16/h3-12,14,17,20H,13H2,1-2H3,(H,19,21). The van der Waals surface area contributed by atoms with E-state index in [1.807, 2.05) is 48.5 Å². The van der Waals surface area contributed by atoms with E-state index in [9.17, 15) is 4.79 Å². The van der Waals surface area contributed by atoms with Crippen LogP contribution in [0.4, 0.5) is 0 Å². The smallest absolute Gasteiger partial charge is 0.238 e. The molecule has 2 aromatic carbocycles. The van der Waals surface area contributed by atoms with E-state index >= 15 is 0 Å². The molecule has 4 heteroatoms. The van der Waals surface area contributed by atoms with Crippen molar-refractivity contribution >= 4 is 17.9 Å². The Bertz CT molecular complexity index is 572. The third-order valence-corrected chi connectivity index (χ3v) is 4.24. The van der Waals surface area contributed by atoms with Gasteiger partial charge in [0.25, 0.3) is 0 Å². The van der Waals surface area contributed by atoms with Crippen LogP contribution in [0.25, 0.3) is 0 Å². The first kappa shape index (κ1) is 16.6. The molecule has 2 N–H and O–H groups in total. The molecule has 116 valence electrons. The topological polar surface area (TPSA) is 41.1 Å². The maximum absolute atomic E-state index is 12.4. The second kappa shape index (κ2) is 8.61. The van der Waals surface area contributed by atoms with E-state index in [1.165, 1.54) is 17.5 Å². The summed E-state index contributed by atoms with van der Waals surface area (Å²) in [7, 11) is 0. The Morgan fingerprint density at radius 1 is 1.00 bits per heavy atom. The Kier molecular flexibility index (Phi) is 6.49. The highest BCUT2D eigenvalue weighted by atomic mass is 32.2. The fourth-order valence-electron chi connectivity index (χ4n) is 2.22. The fraction of sp³-hybridized carbons (Fsp3) is 0.278. The maximum atomic E-state index is 12.4. The van der Waals surface area contributed by atoms with Gasteiger partial charge in [-0.2, -0.15) is 4.83 Å². The van der Waals surface area contributed by atoms with E-state index in [0.29, 0.717) is 0 Å². The minimum Gasteiger partial charge on any atom is -0.281 e. The summed E-state index contributed by atoms with van der Waals surface area (Å²) in [4.78, 5) is 16.4. The number of hydrogen-bond donors (Lipinski definition) is 2. The molecule has 2 rings (SSSR count). The summed E-state index contributed by atoms with van der Waals surface area (Å²) < 4.78 is 0. The van der Waals surface area contributed by atoms with Crippen molar-refractivity contribution in [3.63, 3.8) is 0 Å². The summed E-state index contributed by atoms with van der Waals surface area (Å²) in [6.07, 6.45) is 0.752. The summed E-state index contributed by atoms with van der Waals surface area (Å²) in [5, 5.41) is 0. The average molecular weight is 314 g/mol. The van der Waals surface area contributed by atoms with E-state index in [4.69, 9.17) is 0 Å². The summed E-state index contributed by atoms with van der Waals surface area (Å²) in [5.41, 5.74) is 3.99. The van der Waals surface area contributed by atoms with Crippen LogP contribution in [0.2, 0.25) is 0 Å². The van der Waals surface area contributed by atoms with Gasteiger partial charge in [0.15, 0.2) is 0 Å². The van der Waals surface area contributed by atoms with Gasteiger partial charge in [0.1, 0.15) is 0 Å². The Labute approximate surface area is 136 Å². The lowest BCUT2D eigenvalue weighted by Gasteiger charge is -2.20. The van der Waals surface area contributed by atoms with Crippen LogP contribution >= 0.6 is 11.9 Å². The lowest BCUT2D eigenvalue weighted by molar-refractivity contribution is -0.126. The predicted octanol–water partition coefficient (Wildman–Crippen LogP) is 3.83. The molecular formula is C18H22N2OS. The van der Waals surface area contributed by atoms with Crippen LogP contribution in [0.5, 0.6) is 0 Å². The zero-order valence-corrected chi connectivity index (χ0v) is 13.8. The highest BCUT2D eigenvalue weighted by molar-refractivity contribution is 7.97. The van der Waals surface area contributed by atoms with Gasteiger partial charge in [-0.15, -0.1) is 0 Å². The second-order valence-corrected chi connectivity index (χ2v) is 6.43. The van der Waals surface area contributed by atoms with Gasteiger partial charge in [-0.05, 0) is 42.0 Å². The molecule has 0 saturated heterocycles. The molecule has 1 atom stereocenters. The largest absolute Gasteiger partial charge is 0.281 e. The molecule has 2 aromatic rings. The number of hydrogen-bond acceptors (Lipinski definition) is 3. The molecule has 0 spiro atoms. The van der Waals surface area contributed by atoms with Gasteiger partial charge in [0.2, 0.25) is 5.91 Å². The van der Waals surface area contributed by atoms with Gasteiger partial charge in [-0.1, -0.05) is 62.4 Å². The van der Waals surface area contributed by atoms with Crippen molar-refractivity contribution in [3.05, 3.63) is 66.2 Å².